The Hall–Kier alpha value is -2.64. The molecule has 0 radical (unpaired) electrons. The van der Waals surface area contributed by atoms with E-state index in [-0.39, 0.29) is 12.2 Å². The van der Waals surface area contributed by atoms with E-state index < -0.39 is 17.9 Å². The number of H-pyrrole nitrogens is 1. The number of aromatic nitrogens is 3. The molecule has 2 heterocycles. The smallest absolute Gasteiger partial charge is 0.328 e. The average molecular weight is 278 g/mol. The standard InChI is InChI=1S/C12H14N4O4/c1-7-10(20-6-15-7)11(17)16-9(12(18)19-2)3-8-4-13-5-14-8/h4-6,9H,3H2,1-2H3,(H,13,14)(H,16,17)/t9-/m0/s1. The van der Waals surface area contributed by atoms with Crippen LogP contribution in [0.5, 0.6) is 0 Å². The summed E-state index contributed by atoms with van der Waals surface area (Å²) in [5, 5.41) is 2.55. The van der Waals surface area contributed by atoms with Crippen LogP contribution in [0.25, 0.3) is 0 Å². The number of aromatic amines is 1. The molecular formula is C12H14N4O4. The number of rotatable bonds is 5. The molecule has 0 saturated heterocycles. The second kappa shape index (κ2) is 6.00. The van der Waals surface area contributed by atoms with Crippen LogP contribution in [0.4, 0.5) is 0 Å². The third-order valence-corrected chi connectivity index (χ3v) is 2.72. The van der Waals surface area contributed by atoms with E-state index >= 15 is 0 Å². The zero-order valence-electron chi connectivity index (χ0n) is 11.0. The highest BCUT2D eigenvalue weighted by Crippen LogP contribution is 2.07. The summed E-state index contributed by atoms with van der Waals surface area (Å²) in [5.41, 5.74) is 1.16. The highest BCUT2D eigenvalue weighted by Gasteiger charge is 2.25. The van der Waals surface area contributed by atoms with Crippen molar-refractivity contribution in [1.29, 1.82) is 0 Å². The third-order valence-electron chi connectivity index (χ3n) is 2.72. The zero-order chi connectivity index (χ0) is 14.5. The van der Waals surface area contributed by atoms with E-state index in [4.69, 9.17) is 4.42 Å². The second-order valence-corrected chi connectivity index (χ2v) is 4.10. The van der Waals surface area contributed by atoms with Crippen LogP contribution in [0, 0.1) is 6.92 Å². The molecule has 0 fully saturated rings. The van der Waals surface area contributed by atoms with Crippen LogP contribution in [-0.2, 0) is 16.0 Å². The van der Waals surface area contributed by atoms with Crippen molar-refractivity contribution in [3.63, 3.8) is 0 Å². The van der Waals surface area contributed by atoms with Gasteiger partial charge >= 0.3 is 5.97 Å². The molecule has 0 unspecified atom stereocenters. The van der Waals surface area contributed by atoms with Crippen LogP contribution in [-0.4, -0.2) is 40.0 Å². The lowest BCUT2D eigenvalue weighted by Crippen LogP contribution is -2.43. The van der Waals surface area contributed by atoms with Crippen LogP contribution in [0.2, 0.25) is 0 Å². The number of oxazole rings is 1. The van der Waals surface area contributed by atoms with Gasteiger partial charge in [0.05, 0.1) is 19.1 Å². The normalized spacial score (nSPS) is 11.9. The Balaban J connectivity index is 2.10. The molecule has 0 aliphatic carbocycles. The summed E-state index contributed by atoms with van der Waals surface area (Å²) < 4.78 is 9.66. The minimum atomic E-state index is -0.836. The molecule has 2 aromatic heterocycles. The number of nitrogens with zero attached hydrogens (tertiary/aromatic N) is 2. The molecule has 0 saturated carbocycles. The number of aryl methyl sites for hydroxylation is 1. The van der Waals surface area contributed by atoms with Gasteiger partial charge in [0.25, 0.3) is 5.91 Å². The number of carbonyl (C=O) groups excluding carboxylic acids is 2. The fourth-order valence-electron chi connectivity index (χ4n) is 1.70. The Bertz CT molecular complexity index is 590. The van der Waals surface area contributed by atoms with Gasteiger partial charge in [-0.1, -0.05) is 0 Å². The largest absolute Gasteiger partial charge is 0.467 e. The molecule has 0 aliphatic rings. The van der Waals surface area contributed by atoms with Gasteiger partial charge in [0.15, 0.2) is 6.39 Å². The molecule has 0 bridgehead atoms. The van der Waals surface area contributed by atoms with Crippen LogP contribution in [0.1, 0.15) is 21.9 Å². The second-order valence-electron chi connectivity index (χ2n) is 4.10. The van der Waals surface area contributed by atoms with E-state index in [0.29, 0.717) is 11.4 Å². The summed E-state index contributed by atoms with van der Waals surface area (Å²) in [5.74, 6) is -0.997. The number of amides is 1. The van der Waals surface area contributed by atoms with Crippen LogP contribution >= 0.6 is 0 Å². The molecule has 0 aliphatic heterocycles. The van der Waals surface area contributed by atoms with Crippen molar-refractivity contribution >= 4 is 11.9 Å². The molecule has 106 valence electrons. The van der Waals surface area contributed by atoms with Gasteiger partial charge in [-0.2, -0.15) is 0 Å². The summed E-state index contributed by atoms with van der Waals surface area (Å²) >= 11 is 0. The zero-order valence-corrected chi connectivity index (χ0v) is 11.0. The van der Waals surface area contributed by atoms with Crippen LogP contribution < -0.4 is 5.32 Å². The molecule has 1 atom stereocenters. The average Bonchev–Trinajstić information content (AvgIpc) is 3.08. The molecule has 1 amide bonds. The van der Waals surface area contributed by atoms with E-state index in [2.05, 4.69) is 25.0 Å². The van der Waals surface area contributed by atoms with Gasteiger partial charge < -0.3 is 19.5 Å². The first-order chi connectivity index (χ1) is 9.61. The Morgan fingerprint density at radius 1 is 1.55 bits per heavy atom. The number of imidazole rings is 1. The van der Waals surface area contributed by atoms with E-state index in [0.717, 1.165) is 0 Å². The number of methoxy groups -OCH3 is 1. The van der Waals surface area contributed by atoms with Gasteiger partial charge in [0.1, 0.15) is 6.04 Å². The maximum Gasteiger partial charge on any atom is 0.328 e. The Labute approximate surface area is 114 Å². The lowest BCUT2D eigenvalue weighted by molar-refractivity contribution is -0.142. The molecule has 2 N–H and O–H groups in total. The number of nitrogens with one attached hydrogen (secondary N) is 2. The van der Waals surface area contributed by atoms with Crippen molar-refractivity contribution in [3.8, 4) is 0 Å². The Morgan fingerprint density at radius 3 is 2.90 bits per heavy atom. The number of ether oxygens (including phenoxy) is 1. The highest BCUT2D eigenvalue weighted by atomic mass is 16.5. The molecule has 8 nitrogen and oxygen atoms in total. The lowest BCUT2D eigenvalue weighted by Gasteiger charge is -2.14. The number of hydrogen-bond donors (Lipinski definition) is 2. The topological polar surface area (TPSA) is 110 Å². The van der Waals surface area contributed by atoms with Gasteiger partial charge in [-0.05, 0) is 6.92 Å². The van der Waals surface area contributed by atoms with Crippen LogP contribution in [0.3, 0.4) is 0 Å². The molecular weight excluding hydrogens is 264 g/mol. The van der Waals surface area contributed by atoms with Gasteiger partial charge in [-0.15, -0.1) is 0 Å². The van der Waals surface area contributed by atoms with Crippen molar-refractivity contribution in [2.24, 2.45) is 0 Å². The predicted molar refractivity (Wildman–Crippen MR) is 66.8 cm³/mol. The monoisotopic (exact) mass is 278 g/mol. The summed E-state index contributed by atoms with van der Waals surface area (Å²) in [7, 11) is 1.26. The van der Waals surface area contributed by atoms with Crippen molar-refractivity contribution in [1.82, 2.24) is 20.3 Å². The van der Waals surface area contributed by atoms with Gasteiger partial charge in [-0.25, -0.2) is 14.8 Å². The van der Waals surface area contributed by atoms with E-state index in [1.54, 1.807) is 13.1 Å². The minimum absolute atomic E-state index is 0.0727. The first kappa shape index (κ1) is 13.8. The molecule has 2 aromatic rings. The highest BCUT2D eigenvalue weighted by molar-refractivity contribution is 5.95. The minimum Gasteiger partial charge on any atom is -0.467 e. The maximum atomic E-state index is 12.0. The van der Waals surface area contributed by atoms with Gasteiger partial charge in [0.2, 0.25) is 5.76 Å². The summed E-state index contributed by atoms with van der Waals surface area (Å²) in [6, 6.07) is -0.836. The quantitative estimate of drug-likeness (QED) is 0.757. The number of hydrogen-bond acceptors (Lipinski definition) is 6. The molecule has 8 heteroatoms. The Kier molecular flexibility index (Phi) is 4.14. The van der Waals surface area contributed by atoms with Crippen molar-refractivity contribution in [3.05, 3.63) is 36.1 Å². The molecule has 2 rings (SSSR count). The summed E-state index contributed by atoms with van der Waals surface area (Å²) in [6.07, 6.45) is 4.48. The van der Waals surface area contributed by atoms with E-state index in [1.165, 1.54) is 19.8 Å². The fraction of sp³-hybridized carbons (Fsp3) is 0.333. The SMILES string of the molecule is COC(=O)[C@H](Cc1cnc[nH]1)NC(=O)c1ocnc1C. The summed E-state index contributed by atoms with van der Waals surface area (Å²) in [4.78, 5) is 34.3. The van der Waals surface area contributed by atoms with Gasteiger partial charge in [0, 0.05) is 18.3 Å². The van der Waals surface area contributed by atoms with Crippen molar-refractivity contribution < 1.29 is 18.7 Å². The third kappa shape index (κ3) is 3.02. The Morgan fingerprint density at radius 2 is 2.35 bits per heavy atom. The maximum absolute atomic E-state index is 12.0. The van der Waals surface area contributed by atoms with Crippen molar-refractivity contribution in [2.45, 2.75) is 19.4 Å². The summed E-state index contributed by atoms with van der Waals surface area (Å²) in [6.45, 7) is 1.64. The van der Waals surface area contributed by atoms with E-state index in [9.17, 15) is 9.59 Å². The van der Waals surface area contributed by atoms with Gasteiger partial charge in [-0.3, -0.25) is 4.79 Å². The fourth-order valence-corrected chi connectivity index (χ4v) is 1.70. The first-order valence-electron chi connectivity index (χ1n) is 5.88. The van der Waals surface area contributed by atoms with Crippen molar-refractivity contribution in [2.75, 3.05) is 7.11 Å². The van der Waals surface area contributed by atoms with Crippen LogP contribution in [0.15, 0.2) is 23.3 Å². The predicted octanol–water partition coefficient (Wildman–Crippen LogP) is 0.220. The molecule has 0 aromatic carbocycles. The van der Waals surface area contributed by atoms with E-state index in [1.807, 2.05) is 0 Å². The number of carbonyl (C=O) groups is 2. The first-order valence-corrected chi connectivity index (χ1v) is 5.88. The number of esters is 1. The molecule has 20 heavy (non-hydrogen) atoms. The lowest BCUT2D eigenvalue weighted by atomic mass is 10.1. The molecule has 0 spiro atoms.